The number of carbonyl (C=O) groups is 1. The van der Waals surface area contributed by atoms with Gasteiger partial charge in [-0.05, 0) is 25.7 Å². The lowest BCUT2D eigenvalue weighted by Crippen LogP contribution is -2.45. The smallest absolute Gasteiger partial charge is 0.404 e. The molecule has 1 aliphatic carbocycles. The van der Waals surface area contributed by atoms with Crippen molar-refractivity contribution in [2.24, 2.45) is 5.92 Å². The average molecular weight is 163 g/mol. The van der Waals surface area contributed by atoms with E-state index in [2.05, 4.69) is 6.92 Å². The van der Waals surface area contributed by atoms with Gasteiger partial charge in [0.15, 0.2) is 0 Å². The van der Waals surface area contributed by atoms with Gasteiger partial charge in [-0.2, -0.15) is 0 Å². The molecule has 0 aromatic heterocycles. The number of ether oxygens (including phenoxy) is 1. The van der Waals surface area contributed by atoms with E-state index in [1.807, 2.05) is 6.92 Å². The fraction of sp³-hybridized carbons (Fsp3) is 0.857. The summed E-state index contributed by atoms with van der Waals surface area (Å²) in [6.07, 6.45) is 2.06. The molecule has 58 valence electrons. The predicted octanol–water partition coefficient (Wildman–Crippen LogP) is 2.55. The van der Waals surface area contributed by atoms with Gasteiger partial charge in [0, 0.05) is 11.6 Å². The van der Waals surface area contributed by atoms with E-state index in [-0.39, 0.29) is 5.60 Å². The summed E-state index contributed by atoms with van der Waals surface area (Å²) in [6.45, 7) is 3.98. The van der Waals surface area contributed by atoms with Gasteiger partial charge in [0.1, 0.15) is 5.60 Å². The molecular weight excluding hydrogens is 152 g/mol. The second-order valence-corrected chi connectivity index (χ2v) is 3.40. The van der Waals surface area contributed by atoms with E-state index < -0.39 is 5.43 Å². The summed E-state index contributed by atoms with van der Waals surface area (Å²) in [6, 6.07) is 0. The molecule has 3 heteroatoms. The van der Waals surface area contributed by atoms with Gasteiger partial charge >= 0.3 is 5.43 Å². The molecular formula is C7H11ClO2. The topological polar surface area (TPSA) is 26.3 Å². The first-order valence-electron chi connectivity index (χ1n) is 3.43. The largest absolute Gasteiger partial charge is 0.447 e. The molecule has 2 nitrogen and oxygen atoms in total. The summed E-state index contributed by atoms with van der Waals surface area (Å²) in [4.78, 5) is 10.3. The Kier molecular flexibility index (Phi) is 1.90. The van der Waals surface area contributed by atoms with Crippen molar-refractivity contribution in [1.82, 2.24) is 0 Å². The highest BCUT2D eigenvalue weighted by Gasteiger charge is 2.42. The summed E-state index contributed by atoms with van der Waals surface area (Å²) >= 11 is 5.08. The number of hydrogen-bond donors (Lipinski definition) is 0. The zero-order chi connectivity index (χ0) is 7.78. The third kappa shape index (κ3) is 1.26. The lowest BCUT2D eigenvalue weighted by molar-refractivity contribution is -0.0692. The van der Waals surface area contributed by atoms with Crippen LogP contribution < -0.4 is 0 Å². The Hall–Kier alpha value is -0.240. The van der Waals surface area contributed by atoms with Gasteiger partial charge in [-0.15, -0.1) is 0 Å². The van der Waals surface area contributed by atoms with Crippen molar-refractivity contribution in [3.63, 3.8) is 0 Å². The Balaban J connectivity index is 2.45. The molecule has 0 aromatic rings. The first-order valence-corrected chi connectivity index (χ1v) is 3.81. The van der Waals surface area contributed by atoms with Gasteiger partial charge in [0.05, 0.1) is 0 Å². The minimum Gasteiger partial charge on any atom is -0.447 e. The average Bonchev–Trinajstić information content (AvgIpc) is 1.84. The molecule has 2 unspecified atom stereocenters. The number of halogens is 1. The van der Waals surface area contributed by atoms with Gasteiger partial charge in [0.25, 0.3) is 0 Å². The Bertz CT molecular complexity index is 158. The van der Waals surface area contributed by atoms with Crippen molar-refractivity contribution in [2.45, 2.75) is 32.3 Å². The van der Waals surface area contributed by atoms with Crippen LogP contribution in [0.1, 0.15) is 26.7 Å². The van der Waals surface area contributed by atoms with Crippen molar-refractivity contribution in [2.75, 3.05) is 0 Å². The van der Waals surface area contributed by atoms with Crippen LogP contribution in [0.5, 0.6) is 0 Å². The zero-order valence-corrected chi connectivity index (χ0v) is 6.94. The normalized spacial score (nSPS) is 38.5. The first-order chi connectivity index (χ1) is 4.54. The van der Waals surface area contributed by atoms with E-state index in [4.69, 9.17) is 16.3 Å². The van der Waals surface area contributed by atoms with E-state index in [0.717, 1.165) is 12.8 Å². The molecule has 1 aliphatic rings. The molecule has 1 saturated carbocycles. The summed E-state index contributed by atoms with van der Waals surface area (Å²) < 4.78 is 4.91. The first kappa shape index (κ1) is 7.86. The van der Waals surface area contributed by atoms with Gasteiger partial charge in [-0.25, -0.2) is 4.79 Å². The molecule has 0 heterocycles. The van der Waals surface area contributed by atoms with E-state index in [1.54, 1.807) is 0 Å². The molecule has 0 N–H and O–H groups in total. The maximum absolute atomic E-state index is 10.3. The minimum absolute atomic E-state index is 0.279. The number of hydrogen-bond acceptors (Lipinski definition) is 2. The van der Waals surface area contributed by atoms with Crippen molar-refractivity contribution >= 4 is 17.0 Å². The van der Waals surface area contributed by atoms with Crippen LogP contribution in [-0.2, 0) is 4.74 Å². The molecule has 0 saturated heterocycles. The van der Waals surface area contributed by atoms with Crippen molar-refractivity contribution < 1.29 is 9.53 Å². The Morgan fingerprint density at radius 2 is 2.40 bits per heavy atom. The fourth-order valence-corrected chi connectivity index (χ4v) is 1.35. The van der Waals surface area contributed by atoms with Gasteiger partial charge in [-0.3, -0.25) is 0 Å². The molecule has 0 amide bonds. The van der Waals surface area contributed by atoms with Gasteiger partial charge < -0.3 is 4.74 Å². The van der Waals surface area contributed by atoms with Crippen LogP contribution in [0.4, 0.5) is 4.79 Å². The predicted molar refractivity (Wildman–Crippen MR) is 39.1 cm³/mol. The van der Waals surface area contributed by atoms with Crippen LogP contribution in [0.15, 0.2) is 0 Å². The molecule has 0 aromatic carbocycles. The third-order valence-corrected chi connectivity index (χ3v) is 2.51. The highest BCUT2D eigenvalue weighted by Crippen LogP contribution is 2.41. The lowest BCUT2D eigenvalue weighted by Gasteiger charge is -2.43. The number of carbonyl (C=O) groups excluding carboxylic acids is 1. The van der Waals surface area contributed by atoms with Crippen LogP contribution in [0.3, 0.4) is 0 Å². The standard InChI is InChI=1S/C7H11ClO2/c1-5-3-4-7(5,2)10-6(8)9/h5H,3-4H2,1-2H3. The monoisotopic (exact) mass is 162 g/mol. The molecule has 1 rings (SSSR count). The molecule has 0 aliphatic heterocycles. The highest BCUT2D eigenvalue weighted by molar-refractivity contribution is 6.61. The Labute approximate surface area is 65.5 Å². The van der Waals surface area contributed by atoms with Crippen molar-refractivity contribution in [3.05, 3.63) is 0 Å². The summed E-state index contributed by atoms with van der Waals surface area (Å²) in [5, 5.41) is 0. The highest BCUT2D eigenvalue weighted by atomic mass is 35.5. The van der Waals surface area contributed by atoms with E-state index in [9.17, 15) is 4.79 Å². The van der Waals surface area contributed by atoms with Crippen molar-refractivity contribution in [1.29, 1.82) is 0 Å². The quantitative estimate of drug-likeness (QED) is 0.554. The van der Waals surface area contributed by atoms with Crippen LogP contribution in [0.25, 0.3) is 0 Å². The maximum atomic E-state index is 10.3. The SMILES string of the molecule is CC1CCC1(C)OC(=O)Cl. The second-order valence-electron chi connectivity index (χ2n) is 3.09. The molecule has 0 spiro atoms. The lowest BCUT2D eigenvalue weighted by atomic mass is 9.72. The fourth-order valence-electron chi connectivity index (χ4n) is 1.17. The summed E-state index contributed by atoms with van der Waals surface area (Å²) in [5.74, 6) is 0.454. The molecule has 2 atom stereocenters. The van der Waals surface area contributed by atoms with Gasteiger partial charge in [-0.1, -0.05) is 6.92 Å². The minimum atomic E-state index is -0.686. The van der Waals surface area contributed by atoms with Crippen LogP contribution in [-0.4, -0.2) is 11.0 Å². The van der Waals surface area contributed by atoms with Crippen LogP contribution in [0, 0.1) is 5.92 Å². The van der Waals surface area contributed by atoms with Crippen LogP contribution in [0.2, 0.25) is 0 Å². The Morgan fingerprint density at radius 3 is 2.50 bits per heavy atom. The van der Waals surface area contributed by atoms with E-state index >= 15 is 0 Å². The maximum Gasteiger partial charge on any atom is 0.404 e. The molecule has 10 heavy (non-hydrogen) atoms. The Morgan fingerprint density at radius 1 is 1.80 bits per heavy atom. The van der Waals surface area contributed by atoms with E-state index in [1.165, 1.54) is 0 Å². The summed E-state index contributed by atoms with van der Waals surface area (Å²) in [5.41, 5.74) is -0.965. The van der Waals surface area contributed by atoms with Crippen molar-refractivity contribution in [3.8, 4) is 0 Å². The summed E-state index contributed by atoms with van der Waals surface area (Å²) in [7, 11) is 0. The van der Waals surface area contributed by atoms with E-state index in [0.29, 0.717) is 5.92 Å². The molecule has 0 bridgehead atoms. The second kappa shape index (κ2) is 2.42. The molecule has 1 fully saturated rings. The molecule has 0 radical (unpaired) electrons. The van der Waals surface area contributed by atoms with Crippen LogP contribution >= 0.6 is 11.6 Å². The third-order valence-electron chi connectivity index (χ3n) is 2.43. The zero-order valence-electron chi connectivity index (χ0n) is 6.19. The number of rotatable bonds is 1. The van der Waals surface area contributed by atoms with Gasteiger partial charge in [0.2, 0.25) is 0 Å².